The Bertz CT molecular complexity index is 650. The summed E-state index contributed by atoms with van der Waals surface area (Å²) in [5.74, 6) is 0.126. The molecule has 0 aliphatic rings. The molecule has 102 valence electrons. The van der Waals surface area contributed by atoms with Crippen molar-refractivity contribution >= 4 is 33.3 Å². The van der Waals surface area contributed by atoms with Crippen LogP contribution in [0.25, 0.3) is 0 Å². The van der Waals surface area contributed by atoms with E-state index < -0.39 is 10.0 Å². The van der Waals surface area contributed by atoms with Crippen molar-refractivity contribution in [1.82, 2.24) is 19.3 Å². The van der Waals surface area contributed by atoms with Crippen LogP contribution in [0.15, 0.2) is 21.7 Å². The van der Waals surface area contributed by atoms with E-state index in [2.05, 4.69) is 15.0 Å². The molecule has 2 aromatic heterocycles. The molecule has 0 radical (unpaired) electrons. The standard InChI is InChI=1S/C9H12N6O2S2/c1-15(19(16,17)7-3-2-4-18-7)5-6-12-8(10)14-9(11)13-6/h2-4H,5H2,1H3,(H4,10,11,12,13,14). The Hall–Kier alpha value is -1.78. The van der Waals surface area contributed by atoms with Gasteiger partial charge in [0.25, 0.3) is 10.0 Å². The van der Waals surface area contributed by atoms with E-state index in [0.29, 0.717) is 0 Å². The maximum absolute atomic E-state index is 12.2. The third-order valence-electron chi connectivity index (χ3n) is 2.24. The Morgan fingerprint density at radius 2 is 1.89 bits per heavy atom. The highest BCUT2D eigenvalue weighted by atomic mass is 32.2. The molecule has 2 rings (SSSR count). The number of aromatic nitrogens is 3. The SMILES string of the molecule is CN(Cc1nc(N)nc(N)n1)S(=O)(=O)c1cccs1. The lowest BCUT2D eigenvalue weighted by Gasteiger charge is -2.15. The predicted octanol–water partition coefficient (Wildman–Crippen LogP) is -0.0818. The minimum Gasteiger partial charge on any atom is -0.368 e. The minimum absolute atomic E-state index is 0.0306. The Morgan fingerprint density at radius 1 is 1.26 bits per heavy atom. The van der Waals surface area contributed by atoms with Gasteiger partial charge in [-0.1, -0.05) is 6.07 Å². The van der Waals surface area contributed by atoms with E-state index in [-0.39, 0.29) is 28.5 Å². The zero-order chi connectivity index (χ0) is 14.0. The van der Waals surface area contributed by atoms with Gasteiger partial charge in [0, 0.05) is 7.05 Å². The fourth-order valence-electron chi connectivity index (χ4n) is 1.38. The first-order valence-electron chi connectivity index (χ1n) is 5.15. The summed E-state index contributed by atoms with van der Waals surface area (Å²) in [6.07, 6.45) is 0. The molecule has 0 aliphatic carbocycles. The van der Waals surface area contributed by atoms with Crippen molar-refractivity contribution in [2.75, 3.05) is 18.5 Å². The maximum atomic E-state index is 12.2. The fourth-order valence-corrected chi connectivity index (χ4v) is 3.70. The second kappa shape index (κ2) is 5.07. The van der Waals surface area contributed by atoms with Crippen LogP contribution in [0.5, 0.6) is 0 Å². The van der Waals surface area contributed by atoms with Crippen LogP contribution in [-0.2, 0) is 16.6 Å². The molecule has 0 unspecified atom stereocenters. The van der Waals surface area contributed by atoms with Crippen LogP contribution < -0.4 is 11.5 Å². The summed E-state index contributed by atoms with van der Waals surface area (Å²) in [7, 11) is -2.11. The van der Waals surface area contributed by atoms with Crippen LogP contribution in [0.1, 0.15) is 5.82 Å². The molecule has 0 spiro atoms. The summed E-state index contributed by atoms with van der Waals surface area (Å²) >= 11 is 1.14. The fraction of sp³-hybridized carbons (Fsp3) is 0.222. The Labute approximate surface area is 114 Å². The number of hydrogen-bond acceptors (Lipinski definition) is 8. The molecule has 19 heavy (non-hydrogen) atoms. The number of nitrogens with two attached hydrogens (primary N) is 2. The predicted molar refractivity (Wildman–Crippen MR) is 71.6 cm³/mol. The monoisotopic (exact) mass is 300 g/mol. The lowest BCUT2D eigenvalue weighted by atomic mass is 10.6. The first kappa shape index (κ1) is 13.6. The molecule has 0 aromatic carbocycles. The summed E-state index contributed by atoms with van der Waals surface area (Å²) in [6, 6.07) is 3.21. The molecule has 2 heterocycles. The first-order valence-corrected chi connectivity index (χ1v) is 7.47. The lowest BCUT2D eigenvalue weighted by molar-refractivity contribution is 0.458. The van der Waals surface area contributed by atoms with Crippen LogP contribution in [0.4, 0.5) is 11.9 Å². The number of thiophene rings is 1. The molecule has 0 bridgehead atoms. The van der Waals surface area contributed by atoms with Crippen LogP contribution >= 0.6 is 11.3 Å². The van der Waals surface area contributed by atoms with Crippen molar-refractivity contribution in [1.29, 1.82) is 0 Å². The van der Waals surface area contributed by atoms with Crippen molar-refractivity contribution in [3.63, 3.8) is 0 Å². The highest BCUT2D eigenvalue weighted by molar-refractivity contribution is 7.91. The molecule has 0 atom stereocenters. The smallest absolute Gasteiger partial charge is 0.252 e. The highest BCUT2D eigenvalue weighted by Crippen LogP contribution is 2.20. The van der Waals surface area contributed by atoms with Gasteiger partial charge in [0.1, 0.15) is 4.21 Å². The van der Waals surface area contributed by atoms with Crippen LogP contribution in [0.2, 0.25) is 0 Å². The molecule has 8 nitrogen and oxygen atoms in total. The minimum atomic E-state index is -3.55. The van der Waals surface area contributed by atoms with Crippen LogP contribution in [0, 0.1) is 0 Å². The van der Waals surface area contributed by atoms with Crippen molar-refractivity contribution in [2.45, 2.75) is 10.8 Å². The van der Waals surface area contributed by atoms with Crippen LogP contribution in [-0.4, -0.2) is 34.7 Å². The number of sulfonamides is 1. The van der Waals surface area contributed by atoms with Gasteiger partial charge in [-0.25, -0.2) is 8.42 Å². The quantitative estimate of drug-likeness (QED) is 0.808. The van der Waals surface area contributed by atoms with E-state index in [1.807, 2.05) is 0 Å². The van der Waals surface area contributed by atoms with Gasteiger partial charge in [-0.05, 0) is 11.4 Å². The van der Waals surface area contributed by atoms with E-state index in [1.165, 1.54) is 13.1 Å². The molecule has 0 amide bonds. The second-order valence-electron chi connectivity index (χ2n) is 3.66. The van der Waals surface area contributed by atoms with E-state index in [9.17, 15) is 8.42 Å². The topological polar surface area (TPSA) is 128 Å². The second-order valence-corrected chi connectivity index (χ2v) is 6.88. The van der Waals surface area contributed by atoms with Crippen molar-refractivity contribution in [3.8, 4) is 0 Å². The third kappa shape index (κ3) is 2.97. The van der Waals surface area contributed by atoms with Gasteiger partial charge < -0.3 is 11.5 Å². The van der Waals surface area contributed by atoms with Gasteiger partial charge in [-0.15, -0.1) is 11.3 Å². The molecule has 0 aliphatic heterocycles. The van der Waals surface area contributed by atoms with E-state index in [4.69, 9.17) is 11.5 Å². The van der Waals surface area contributed by atoms with Gasteiger partial charge >= 0.3 is 0 Å². The molecule has 0 saturated carbocycles. The summed E-state index contributed by atoms with van der Waals surface area (Å²) in [5.41, 5.74) is 10.9. The van der Waals surface area contributed by atoms with Gasteiger partial charge in [0.2, 0.25) is 11.9 Å². The summed E-state index contributed by atoms with van der Waals surface area (Å²) in [4.78, 5) is 11.3. The molecule has 0 saturated heterocycles. The molecule has 2 aromatic rings. The highest BCUT2D eigenvalue weighted by Gasteiger charge is 2.22. The Kier molecular flexibility index (Phi) is 3.64. The Morgan fingerprint density at radius 3 is 2.42 bits per heavy atom. The number of hydrogen-bond donors (Lipinski definition) is 2. The first-order chi connectivity index (χ1) is 8.89. The summed E-state index contributed by atoms with van der Waals surface area (Å²) in [6.45, 7) is -0.0306. The third-order valence-corrected chi connectivity index (χ3v) is 5.42. The van der Waals surface area contributed by atoms with Gasteiger partial charge in [-0.2, -0.15) is 19.3 Å². The molecular formula is C9H12N6O2S2. The van der Waals surface area contributed by atoms with Crippen LogP contribution in [0.3, 0.4) is 0 Å². The van der Waals surface area contributed by atoms with E-state index in [0.717, 1.165) is 15.6 Å². The average Bonchev–Trinajstić information content (AvgIpc) is 2.80. The van der Waals surface area contributed by atoms with E-state index in [1.54, 1.807) is 11.4 Å². The van der Waals surface area contributed by atoms with Crippen molar-refractivity contribution in [3.05, 3.63) is 23.3 Å². The molecule has 4 N–H and O–H groups in total. The maximum Gasteiger partial charge on any atom is 0.252 e. The van der Waals surface area contributed by atoms with Gasteiger partial charge in [0.15, 0.2) is 5.82 Å². The summed E-state index contributed by atoms with van der Waals surface area (Å²) in [5, 5.41) is 1.69. The molecule has 10 heteroatoms. The molecular weight excluding hydrogens is 288 g/mol. The summed E-state index contributed by atoms with van der Waals surface area (Å²) < 4.78 is 25.7. The lowest BCUT2D eigenvalue weighted by Crippen LogP contribution is -2.27. The number of nitrogens with zero attached hydrogens (tertiary/aromatic N) is 4. The number of rotatable bonds is 4. The van der Waals surface area contributed by atoms with Crippen molar-refractivity contribution < 1.29 is 8.42 Å². The molecule has 0 fully saturated rings. The van der Waals surface area contributed by atoms with E-state index >= 15 is 0 Å². The normalized spacial score (nSPS) is 11.9. The Balaban J connectivity index is 2.24. The number of nitrogen functional groups attached to an aromatic ring is 2. The number of anilines is 2. The zero-order valence-corrected chi connectivity index (χ0v) is 11.6. The zero-order valence-electron chi connectivity index (χ0n) is 10.0. The average molecular weight is 300 g/mol. The van der Waals surface area contributed by atoms with Crippen molar-refractivity contribution in [2.24, 2.45) is 0 Å². The van der Waals surface area contributed by atoms with Gasteiger partial charge in [-0.3, -0.25) is 0 Å². The largest absolute Gasteiger partial charge is 0.368 e. The van der Waals surface area contributed by atoms with Gasteiger partial charge in [0.05, 0.1) is 6.54 Å².